The van der Waals surface area contributed by atoms with Gasteiger partial charge in [0.2, 0.25) is 0 Å². The number of hydrogen-bond donors (Lipinski definition) is 0. The summed E-state index contributed by atoms with van der Waals surface area (Å²) in [6.45, 7) is 0. The molecule has 0 amide bonds. The summed E-state index contributed by atoms with van der Waals surface area (Å²) in [6.07, 6.45) is 0. The summed E-state index contributed by atoms with van der Waals surface area (Å²) in [4.78, 5) is 2.39. The lowest BCUT2D eigenvalue weighted by atomic mass is 9.97. The molecule has 0 spiro atoms. The Kier molecular flexibility index (Phi) is 6.53. The van der Waals surface area contributed by atoms with Crippen molar-refractivity contribution in [2.75, 3.05) is 4.90 Å². The predicted octanol–water partition coefficient (Wildman–Crippen LogP) is 13.8. The summed E-state index contributed by atoms with van der Waals surface area (Å²) in [6, 6.07) is 67.5. The standard InChI is InChI=1S/C48H31NO/c1-2-13-36-30-37(23-22-32(36)10-1)33-24-27-39(28-25-33)49(45-20-8-14-34-11-3-5-17-41(34)45)40-16-7-15-38(31-40)42-19-9-21-46-47(42)44-29-26-35-12-4-6-18-43(35)48(44)50-46/h1-31H. The molecule has 0 bridgehead atoms. The summed E-state index contributed by atoms with van der Waals surface area (Å²) >= 11 is 0. The molecular weight excluding hydrogens is 607 g/mol. The maximum absolute atomic E-state index is 6.55. The zero-order valence-electron chi connectivity index (χ0n) is 27.3. The van der Waals surface area contributed by atoms with E-state index in [2.05, 4.69) is 193 Å². The van der Waals surface area contributed by atoms with E-state index in [1.54, 1.807) is 0 Å². The lowest BCUT2D eigenvalue weighted by Crippen LogP contribution is -2.10. The molecule has 10 aromatic rings. The third-order valence-electron chi connectivity index (χ3n) is 10.0. The van der Waals surface area contributed by atoms with Gasteiger partial charge in [0.05, 0.1) is 5.69 Å². The lowest BCUT2D eigenvalue weighted by Gasteiger charge is -2.27. The molecule has 0 radical (unpaired) electrons. The molecular formula is C48H31NO. The van der Waals surface area contributed by atoms with Crippen LogP contribution in [0.25, 0.3) is 76.5 Å². The number of hydrogen-bond acceptors (Lipinski definition) is 2. The summed E-state index contributed by atoms with van der Waals surface area (Å²) in [5.74, 6) is 0. The normalized spacial score (nSPS) is 11.6. The molecule has 0 N–H and O–H groups in total. The second kappa shape index (κ2) is 11.5. The highest BCUT2D eigenvalue weighted by molar-refractivity contribution is 6.19. The van der Waals surface area contributed by atoms with E-state index in [0.717, 1.165) is 55.5 Å². The van der Waals surface area contributed by atoms with Crippen molar-refractivity contribution in [3.8, 4) is 22.3 Å². The maximum Gasteiger partial charge on any atom is 0.143 e. The van der Waals surface area contributed by atoms with Crippen molar-refractivity contribution in [1.82, 2.24) is 0 Å². The topological polar surface area (TPSA) is 16.4 Å². The highest BCUT2D eigenvalue weighted by Gasteiger charge is 2.19. The average Bonchev–Trinajstić information content (AvgIpc) is 3.58. The Morgan fingerprint density at radius 2 is 1.02 bits per heavy atom. The van der Waals surface area contributed by atoms with Crippen LogP contribution in [0.5, 0.6) is 0 Å². The molecule has 0 aliphatic carbocycles. The van der Waals surface area contributed by atoms with E-state index >= 15 is 0 Å². The van der Waals surface area contributed by atoms with Crippen LogP contribution in [-0.2, 0) is 0 Å². The predicted molar refractivity (Wildman–Crippen MR) is 212 cm³/mol. The molecule has 50 heavy (non-hydrogen) atoms. The van der Waals surface area contributed by atoms with Crippen LogP contribution in [0.2, 0.25) is 0 Å². The van der Waals surface area contributed by atoms with E-state index in [4.69, 9.17) is 4.42 Å². The van der Waals surface area contributed by atoms with Gasteiger partial charge in [-0.05, 0) is 92.3 Å². The minimum absolute atomic E-state index is 0.898. The quantitative estimate of drug-likeness (QED) is 0.187. The number of nitrogens with zero attached hydrogens (tertiary/aromatic N) is 1. The number of anilines is 3. The van der Waals surface area contributed by atoms with Gasteiger partial charge >= 0.3 is 0 Å². The molecule has 2 nitrogen and oxygen atoms in total. The van der Waals surface area contributed by atoms with Gasteiger partial charge in [-0.25, -0.2) is 0 Å². The molecule has 0 aliphatic rings. The zero-order valence-corrected chi connectivity index (χ0v) is 27.3. The first-order valence-corrected chi connectivity index (χ1v) is 17.1. The van der Waals surface area contributed by atoms with Crippen LogP contribution in [0.4, 0.5) is 17.1 Å². The summed E-state index contributed by atoms with van der Waals surface area (Å²) in [5, 5.41) is 9.50. The molecule has 0 saturated carbocycles. The van der Waals surface area contributed by atoms with Crippen molar-refractivity contribution in [2.24, 2.45) is 0 Å². The van der Waals surface area contributed by atoms with Gasteiger partial charge < -0.3 is 9.32 Å². The molecule has 2 heteroatoms. The van der Waals surface area contributed by atoms with Crippen LogP contribution in [-0.4, -0.2) is 0 Å². The lowest BCUT2D eigenvalue weighted by molar-refractivity contribution is 0.673. The highest BCUT2D eigenvalue weighted by Crippen LogP contribution is 2.43. The second-order valence-electron chi connectivity index (χ2n) is 12.9. The van der Waals surface area contributed by atoms with Gasteiger partial charge in [-0.2, -0.15) is 0 Å². The van der Waals surface area contributed by atoms with Crippen molar-refractivity contribution in [2.45, 2.75) is 0 Å². The summed E-state index contributed by atoms with van der Waals surface area (Å²) in [5.41, 5.74) is 9.86. The molecule has 9 aromatic carbocycles. The molecule has 0 fully saturated rings. The fraction of sp³-hybridized carbons (Fsp3) is 0. The third-order valence-corrected chi connectivity index (χ3v) is 10.0. The Hall–Kier alpha value is -6.64. The molecule has 0 aliphatic heterocycles. The molecule has 0 saturated heterocycles. The maximum atomic E-state index is 6.55. The van der Waals surface area contributed by atoms with Crippen molar-refractivity contribution < 1.29 is 4.42 Å². The Labute approximate surface area is 290 Å². The number of fused-ring (bicyclic) bond motifs is 7. The molecule has 10 rings (SSSR count). The third kappa shape index (κ3) is 4.65. The molecule has 1 heterocycles. The van der Waals surface area contributed by atoms with Gasteiger partial charge in [-0.15, -0.1) is 0 Å². The first-order chi connectivity index (χ1) is 24.8. The smallest absolute Gasteiger partial charge is 0.143 e. The van der Waals surface area contributed by atoms with E-state index < -0.39 is 0 Å². The summed E-state index contributed by atoms with van der Waals surface area (Å²) < 4.78 is 6.55. The van der Waals surface area contributed by atoms with E-state index in [1.807, 2.05) is 0 Å². The van der Waals surface area contributed by atoms with Gasteiger partial charge in [0.15, 0.2) is 0 Å². The SMILES string of the molecule is c1cc(-c2cccc3oc4c5ccccc5ccc4c23)cc(N(c2ccc(-c3ccc4ccccc4c3)cc2)c2cccc3ccccc23)c1. The van der Waals surface area contributed by atoms with Gasteiger partial charge in [0.25, 0.3) is 0 Å². The highest BCUT2D eigenvalue weighted by atomic mass is 16.3. The van der Waals surface area contributed by atoms with Gasteiger partial charge in [0.1, 0.15) is 11.2 Å². The number of benzene rings is 9. The van der Waals surface area contributed by atoms with Crippen molar-refractivity contribution in [1.29, 1.82) is 0 Å². The Balaban J connectivity index is 1.14. The minimum Gasteiger partial charge on any atom is -0.455 e. The van der Waals surface area contributed by atoms with E-state index in [1.165, 1.54) is 38.1 Å². The van der Waals surface area contributed by atoms with Gasteiger partial charge in [-0.3, -0.25) is 0 Å². The Morgan fingerprint density at radius 3 is 1.88 bits per heavy atom. The summed E-state index contributed by atoms with van der Waals surface area (Å²) in [7, 11) is 0. The van der Waals surface area contributed by atoms with Crippen LogP contribution in [0.3, 0.4) is 0 Å². The van der Waals surface area contributed by atoms with Crippen molar-refractivity contribution >= 4 is 71.3 Å². The van der Waals surface area contributed by atoms with Gasteiger partial charge in [0, 0.05) is 32.9 Å². The Morgan fingerprint density at radius 1 is 0.360 bits per heavy atom. The fourth-order valence-electron chi connectivity index (χ4n) is 7.61. The van der Waals surface area contributed by atoms with Crippen LogP contribution < -0.4 is 4.90 Å². The van der Waals surface area contributed by atoms with Crippen LogP contribution in [0.1, 0.15) is 0 Å². The van der Waals surface area contributed by atoms with Gasteiger partial charge in [-0.1, -0.05) is 140 Å². The molecule has 0 atom stereocenters. The van der Waals surface area contributed by atoms with Crippen LogP contribution in [0, 0.1) is 0 Å². The monoisotopic (exact) mass is 637 g/mol. The van der Waals surface area contributed by atoms with Crippen molar-refractivity contribution in [3.63, 3.8) is 0 Å². The molecule has 1 aromatic heterocycles. The zero-order chi connectivity index (χ0) is 33.0. The molecule has 0 unspecified atom stereocenters. The Bertz CT molecular complexity index is 2870. The van der Waals surface area contributed by atoms with Crippen LogP contribution >= 0.6 is 0 Å². The second-order valence-corrected chi connectivity index (χ2v) is 12.9. The van der Waals surface area contributed by atoms with Crippen LogP contribution in [0.15, 0.2) is 192 Å². The van der Waals surface area contributed by atoms with E-state index in [0.29, 0.717) is 0 Å². The molecule has 234 valence electrons. The van der Waals surface area contributed by atoms with E-state index in [9.17, 15) is 0 Å². The van der Waals surface area contributed by atoms with E-state index in [-0.39, 0.29) is 0 Å². The van der Waals surface area contributed by atoms with Crippen molar-refractivity contribution in [3.05, 3.63) is 188 Å². The minimum atomic E-state index is 0.898. The first kappa shape index (κ1) is 28.4. The number of furan rings is 1. The fourth-order valence-corrected chi connectivity index (χ4v) is 7.61. The largest absolute Gasteiger partial charge is 0.455 e. The first-order valence-electron chi connectivity index (χ1n) is 17.1. The average molecular weight is 638 g/mol. The number of rotatable bonds is 5.